The highest BCUT2D eigenvalue weighted by atomic mass is 19.1. The lowest BCUT2D eigenvalue weighted by Gasteiger charge is -2.37. The van der Waals surface area contributed by atoms with E-state index in [-0.39, 0.29) is 23.1 Å². The maximum Gasteiger partial charge on any atom is 0.259 e. The van der Waals surface area contributed by atoms with Gasteiger partial charge in [-0.15, -0.1) is 0 Å². The number of hydrogen-bond donors (Lipinski definition) is 1. The second-order valence-electron chi connectivity index (χ2n) is 7.58. The van der Waals surface area contributed by atoms with Gasteiger partial charge in [-0.05, 0) is 43.5 Å². The smallest absolute Gasteiger partial charge is 0.259 e. The Hall–Kier alpha value is -3.00. The zero-order chi connectivity index (χ0) is 21.4. The van der Waals surface area contributed by atoms with E-state index in [9.17, 15) is 18.4 Å². The van der Waals surface area contributed by atoms with Crippen LogP contribution in [0.2, 0.25) is 0 Å². The van der Waals surface area contributed by atoms with E-state index in [1.165, 1.54) is 24.0 Å². The average Bonchev–Trinajstić information content (AvgIpc) is 2.77. The molecule has 0 bridgehead atoms. The second kappa shape index (κ2) is 8.02. The van der Waals surface area contributed by atoms with Crippen molar-refractivity contribution < 1.29 is 23.1 Å². The minimum atomic E-state index is -0.778. The third-order valence-corrected chi connectivity index (χ3v) is 5.84. The Morgan fingerprint density at radius 3 is 2.63 bits per heavy atom. The van der Waals surface area contributed by atoms with E-state index in [1.54, 1.807) is 36.4 Å². The number of likely N-dealkylation sites (tertiary alicyclic amines) is 1. The average molecular weight is 415 g/mol. The maximum absolute atomic E-state index is 14.9. The van der Waals surface area contributed by atoms with E-state index in [0.29, 0.717) is 24.2 Å². The van der Waals surface area contributed by atoms with Crippen LogP contribution in [0.5, 0.6) is 0 Å². The van der Waals surface area contributed by atoms with Gasteiger partial charge in [-0.3, -0.25) is 14.5 Å². The highest BCUT2D eigenvalue weighted by Gasteiger charge is 2.35. The molecule has 1 fully saturated rings. The van der Waals surface area contributed by atoms with Gasteiger partial charge in [-0.2, -0.15) is 4.39 Å². The van der Waals surface area contributed by atoms with Crippen LogP contribution in [0.1, 0.15) is 35.7 Å². The summed E-state index contributed by atoms with van der Waals surface area (Å²) in [7, 11) is 1.65. The van der Waals surface area contributed by atoms with Gasteiger partial charge < -0.3 is 15.0 Å². The van der Waals surface area contributed by atoms with Crippen LogP contribution >= 0.6 is 0 Å². The monoisotopic (exact) mass is 415 g/mol. The van der Waals surface area contributed by atoms with Gasteiger partial charge in [0.05, 0.1) is 17.2 Å². The van der Waals surface area contributed by atoms with Crippen LogP contribution in [0.3, 0.4) is 0 Å². The summed E-state index contributed by atoms with van der Waals surface area (Å²) in [6, 6.07) is 4.32. The van der Waals surface area contributed by atoms with Crippen LogP contribution in [-0.2, 0) is 9.53 Å². The first kappa shape index (κ1) is 20.3. The Bertz CT molecular complexity index is 978. The Kier molecular flexibility index (Phi) is 5.42. The van der Waals surface area contributed by atoms with Gasteiger partial charge in [0.1, 0.15) is 12.0 Å². The molecule has 1 N–H and O–H groups in total. The van der Waals surface area contributed by atoms with Crippen LogP contribution in [0.15, 0.2) is 48.1 Å². The summed E-state index contributed by atoms with van der Waals surface area (Å²) < 4.78 is 34.3. The van der Waals surface area contributed by atoms with E-state index >= 15 is 0 Å². The Morgan fingerprint density at radius 2 is 1.97 bits per heavy atom. The van der Waals surface area contributed by atoms with Crippen LogP contribution < -0.4 is 5.32 Å². The van der Waals surface area contributed by atoms with Crippen molar-refractivity contribution in [2.75, 3.05) is 20.2 Å². The highest BCUT2D eigenvalue weighted by Crippen LogP contribution is 2.31. The minimum absolute atomic E-state index is 0.00646. The number of ether oxygens (including phenoxy) is 1. The lowest BCUT2D eigenvalue weighted by atomic mass is 9.96. The number of benzene rings is 1. The highest BCUT2D eigenvalue weighted by molar-refractivity contribution is 5.98. The van der Waals surface area contributed by atoms with Gasteiger partial charge in [0.15, 0.2) is 5.95 Å². The summed E-state index contributed by atoms with van der Waals surface area (Å²) in [6.45, 7) is 2.44. The number of fused-ring (bicyclic) bond motifs is 1. The molecule has 3 heterocycles. The minimum Gasteiger partial charge on any atom is -0.381 e. The number of allylic oxidation sites excluding steroid dienone is 2. The lowest BCUT2D eigenvalue weighted by molar-refractivity contribution is -0.127. The number of rotatable bonds is 3. The summed E-state index contributed by atoms with van der Waals surface area (Å²) in [4.78, 5) is 28.1. The molecule has 0 saturated carbocycles. The number of nitrogens with zero attached hydrogens (tertiary/aromatic N) is 2. The topological polar surface area (TPSA) is 61.9 Å². The second-order valence-corrected chi connectivity index (χ2v) is 7.58. The van der Waals surface area contributed by atoms with Crippen LogP contribution in [-0.4, -0.2) is 54.1 Å². The van der Waals surface area contributed by atoms with Gasteiger partial charge in [-0.25, -0.2) is 4.39 Å². The Balaban J connectivity index is 1.56. The molecule has 3 aliphatic heterocycles. The van der Waals surface area contributed by atoms with Crippen molar-refractivity contribution in [2.45, 2.75) is 32.0 Å². The zero-order valence-corrected chi connectivity index (χ0v) is 16.8. The van der Waals surface area contributed by atoms with Crippen molar-refractivity contribution in [1.82, 2.24) is 15.1 Å². The van der Waals surface area contributed by atoms with E-state index in [0.717, 1.165) is 12.8 Å². The molecule has 1 saturated heterocycles. The number of carbonyl (C=O) groups is 2. The van der Waals surface area contributed by atoms with Crippen molar-refractivity contribution in [3.05, 3.63) is 65.0 Å². The molecule has 2 amide bonds. The molecule has 1 unspecified atom stereocenters. The van der Waals surface area contributed by atoms with E-state index < -0.39 is 23.8 Å². The number of methoxy groups -OCH3 is 1. The number of hydrogen-bond acceptors (Lipinski definition) is 4. The molecule has 3 aliphatic rings. The fourth-order valence-electron chi connectivity index (χ4n) is 4.00. The molecule has 1 atom stereocenters. The SMILES string of the molecule is COC1CCN(C(=O)c2ccc(C3=CC=CN4C(=O)C(C)=C(F)NC34)cc2F)CC1. The van der Waals surface area contributed by atoms with Crippen molar-refractivity contribution in [2.24, 2.45) is 0 Å². The zero-order valence-electron chi connectivity index (χ0n) is 16.8. The number of halogens is 2. The fraction of sp³-hybridized carbons (Fsp3) is 0.364. The molecule has 1 aromatic carbocycles. The third-order valence-electron chi connectivity index (χ3n) is 5.84. The molecule has 158 valence electrons. The first-order chi connectivity index (χ1) is 14.4. The number of nitrogens with one attached hydrogen (secondary N) is 1. The molecule has 0 radical (unpaired) electrons. The molecular weight excluding hydrogens is 392 g/mol. The molecule has 0 spiro atoms. The van der Waals surface area contributed by atoms with Gasteiger partial charge in [0.25, 0.3) is 11.8 Å². The normalized spacial score (nSPS) is 22.1. The lowest BCUT2D eigenvalue weighted by Crippen LogP contribution is -2.51. The molecule has 0 aromatic heterocycles. The van der Waals surface area contributed by atoms with Gasteiger partial charge in [0.2, 0.25) is 0 Å². The summed E-state index contributed by atoms with van der Waals surface area (Å²) in [6.07, 6.45) is 5.69. The molecular formula is C22H23F2N3O3. The van der Waals surface area contributed by atoms with Crippen molar-refractivity contribution in [3.63, 3.8) is 0 Å². The molecule has 1 aromatic rings. The molecule has 8 heteroatoms. The van der Waals surface area contributed by atoms with Gasteiger partial charge >= 0.3 is 0 Å². The standard InChI is InChI=1S/C22H23F2N3O3/c1-13-19(24)25-20-16(4-3-9-27(20)21(13)28)14-5-6-17(18(23)12-14)22(29)26-10-7-15(30-2)8-11-26/h3-6,9,12,15,20,25H,7-8,10-11H2,1-2H3. The Labute approximate surface area is 173 Å². The summed E-state index contributed by atoms with van der Waals surface area (Å²) in [5, 5.41) is 2.65. The van der Waals surface area contributed by atoms with E-state index in [1.807, 2.05) is 0 Å². The van der Waals surface area contributed by atoms with E-state index in [2.05, 4.69) is 5.32 Å². The summed E-state index contributed by atoms with van der Waals surface area (Å²) in [5.41, 5.74) is 0.982. The van der Waals surface area contributed by atoms with Crippen LogP contribution in [0, 0.1) is 5.82 Å². The maximum atomic E-state index is 14.9. The largest absolute Gasteiger partial charge is 0.381 e. The van der Waals surface area contributed by atoms with Gasteiger partial charge in [-0.1, -0.05) is 12.1 Å². The number of carbonyl (C=O) groups excluding carboxylic acids is 2. The Morgan fingerprint density at radius 1 is 1.23 bits per heavy atom. The molecule has 30 heavy (non-hydrogen) atoms. The first-order valence-corrected chi connectivity index (χ1v) is 9.86. The van der Waals surface area contributed by atoms with E-state index in [4.69, 9.17) is 4.74 Å². The third kappa shape index (κ3) is 3.52. The van der Waals surface area contributed by atoms with Crippen molar-refractivity contribution in [3.8, 4) is 0 Å². The van der Waals surface area contributed by atoms with Crippen LogP contribution in [0.25, 0.3) is 5.57 Å². The molecule has 4 rings (SSSR count). The van der Waals surface area contributed by atoms with Crippen molar-refractivity contribution >= 4 is 17.4 Å². The predicted molar refractivity (Wildman–Crippen MR) is 107 cm³/mol. The predicted octanol–water partition coefficient (Wildman–Crippen LogP) is 2.95. The number of piperidine rings is 1. The first-order valence-electron chi connectivity index (χ1n) is 9.86. The molecule has 0 aliphatic carbocycles. The van der Waals surface area contributed by atoms with Crippen molar-refractivity contribution in [1.29, 1.82) is 0 Å². The van der Waals surface area contributed by atoms with Gasteiger partial charge in [0, 0.05) is 32.0 Å². The van der Waals surface area contributed by atoms with Crippen LogP contribution in [0.4, 0.5) is 8.78 Å². The fourth-order valence-corrected chi connectivity index (χ4v) is 4.00. The molecule has 6 nitrogen and oxygen atoms in total. The number of amides is 2. The summed E-state index contributed by atoms with van der Waals surface area (Å²) >= 11 is 0. The summed E-state index contributed by atoms with van der Waals surface area (Å²) in [5.74, 6) is -2.16. The quantitative estimate of drug-likeness (QED) is 0.772.